The molecule has 0 spiro atoms. The minimum Gasteiger partial charge on any atom is -0.338 e. The number of rotatable bonds is 7. The summed E-state index contributed by atoms with van der Waals surface area (Å²) >= 11 is 6.22. The van der Waals surface area contributed by atoms with Gasteiger partial charge in [-0.25, -0.2) is 9.97 Å². The van der Waals surface area contributed by atoms with Crippen molar-refractivity contribution in [2.45, 2.75) is 19.8 Å². The lowest BCUT2D eigenvalue weighted by atomic mass is 10.1. The molecule has 9 nitrogen and oxygen atoms in total. The average Bonchev–Trinajstić information content (AvgIpc) is 2.81. The summed E-state index contributed by atoms with van der Waals surface area (Å²) < 4.78 is 0. The monoisotopic (exact) mass is 452 g/mol. The molecule has 0 atom stereocenters. The number of ketones is 1. The number of carbonyl (C=O) groups is 1. The number of benzene rings is 1. The van der Waals surface area contributed by atoms with Crippen molar-refractivity contribution in [2.75, 3.05) is 43.4 Å². The van der Waals surface area contributed by atoms with Gasteiger partial charge in [-0.1, -0.05) is 48.9 Å². The Labute approximate surface area is 191 Å². The molecule has 1 aliphatic heterocycles. The second kappa shape index (κ2) is 9.97. The molecule has 3 heterocycles. The summed E-state index contributed by atoms with van der Waals surface area (Å²) in [4.78, 5) is 39.3. The first-order chi connectivity index (χ1) is 15.5. The molecule has 0 radical (unpaired) electrons. The largest absolute Gasteiger partial charge is 0.338 e. The highest BCUT2D eigenvalue weighted by molar-refractivity contribution is 6.33. The first kappa shape index (κ1) is 22.0. The first-order valence-corrected chi connectivity index (χ1v) is 10.9. The fraction of sp³-hybridized carbons (Fsp3) is 0.364. The highest BCUT2D eigenvalue weighted by Crippen LogP contribution is 2.20. The van der Waals surface area contributed by atoms with Gasteiger partial charge in [0.2, 0.25) is 17.8 Å². The number of aryl methyl sites for hydroxylation is 1. The number of nitrogens with zero attached hydrogens (tertiary/aromatic N) is 7. The Balaban J connectivity index is 1.55. The Bertz CT molecular complexity index is 1090. The van der Waals surface area contributed by atoms with Crippen molar-refractivity contribution < 1.29 is 4.79 Å². The number of Topliss-reactive ketones (excluding diaryl/α,β-unsaturated/α-hetero) is 1. The van der Waals surface area contributed by atoms with Crippen molar-refractivity contribution in [2.24, 2.45) is 0 Å². The van der Waals surface area contributed by atoms with Crippen LogP contribution in [0.3, 0.4) is 0 Å². The van der Waals surface area contributed by atoms with Crippen LogP contribution in [-0.4, -0.2) is 68.8 Å². The number of anilines is 3. The number of carbonyl (C=O) groups excluding carboxylic acids is 1. The van der Waals surface area contributed by atoms with Crippen molar-refractivity contribution in [3.63, 3.8) is 0 Å². The van der Waals surface area contributed by atoms with Gasteiger partial charge in [0.1, 0.15) is 11.5 Å². The van der Waals surface area contributed by atoms with Gasteiger partial charge in [-0.3, -0.25) is 10.1 Å². The van der Waals surface area contributed by atoms with Gasteiger partial charge in [0.15, 0.2) is 5.78 Å². The van der Waals surface area contributed by atoms with Gasteiger partial charge in [-0.2, -0.15) is 15.0 Å². The summed E-state index contributed by atoms with van der Waals surface area (Å²) in [5, 5.41) is 3.23. The van der Waals surface area contributed by atoms with Gasteiger partial charge in [0, 0.05) is 39.0 Å². The average molecular weight is 453 g/mol. The van der Waals surface area contributed by atoms with E-state index in [2.05, 4.69) is 47.1 Å². The van der Waals surface area contributed by atoms with Crippen LogP contribution in [0.1, 0.15) is 28.8 Å². The minimum absolute atomic E-state index is 0.164. The van der Waals surface area contributed by atoms with E-state index in [4.69, 9.17) is 11.6 Å². The number of likely N-dealkylation sites (N-methyl/N-ethyl adjacent to an activating group) is 1. The van der Waals surface area contributed by atoms with Gasteiger partial charge in [-0.15, -0.1) is 0 Å². The van der Waals surface area contributed by atoms with Crippen molar-refractivity contribution in [1.82, 2.24) is 29.8 Å². The molecule has 0 amide bonds. The van der Waals surface area contributed by atoms with E-state index in [9.17, 15) is 4.79 Å². The number of hydrogen-bond acceptors (Lipinski definition) is 9. The minimum atomic E-state index is -0.185. The summed E-state index contributed by atoms with van der Waals surface area (Å²) in [7, 11) is 2.10. The fourth-order valence-corrected chi connectivity index (χ4v) is 3.55. The third kappa shape index (κ3) is 5.35. The molecule has 0 saturated carbocycles. The van der Waals surface area contributed by atoms with Crippen LogP contribution in [0.15, 0.2) is 36.5 Å². The topological polar surface area (TPSA) is 100 Å². The van der Waals surface area contributed by atoms with E-state index >= 15 is 0 Å². The summed E-state index contributed by atoms with van der Waals surface area (Å²) in [6.45, 7) is 5.58. The van der Waals surface area contributed by atoms with Gasteiger partial charge in [0.25, 0.3) is 0 Å². The van der Waals surface area contributed by atoms with E-state index < -0.39 is 0 Å². The van der Waals surface area contributed by atoms with Crippen LogP contribution in [-0.2, 0) is 12.8 Å². The predicted octanol–water partition coefficient (Wildman–Crippen LogP) is 2.80. The van der Waals surface area contributed by atoms with E-state index in [-0.39, 0.29) is 28.9 Å². The zero-order valence-electron chi connectivity index (χ0n) is 18.1. The van der Waals surface area contributed by atoms with Crippen LogP contribution in [0, 0.1) is 0 Å². The molecule has 0 bridgehead atoms. The van der Waals surface area contributed by atoms with E-state index in [0.717, 1.165) is 31.7 Å². The molecule has 1 saturated heterocycles. The number of halogens is 1. The Morgan fingerprint density at radius 1 is 1.03 bits per heavy atom. The molecule has 0 unspecified atom stereocenters. The first-order valence-electron chi connectivity index (χ1n) is 10.6. The van der Waals surface area contributed by atoms with Crippen molar-refractivity contribution in [1.29, 1.82) is 0 Å². The van der Waals surface area contributed by atoms with Gasteiger partial charge < -0.3 is 9.80 Å². The molecule has 32 heavy (non-hydrogen) atoms. The number of aromatic nitrogens is 5. The van der Waals surface area contributed by atoms with Crippen LogP contribution in [0.5, 0.6) is 0 Å². The highest BCUT2D eigenvalue weighted by Gasteiger charge is 2.19. The number of nitrogens with one attached hydrogen (secondary N) is 1. The molecule has 3 aromatic rings. The lowest BCUT2D eigenvalue weighted by Gasteiger charge is -2.32. The number of piperazine rings is 1. The van der Waals surface area contributed by atoms with Gasteiger partial charge in [-0.05, 0) is 12.6 Å². The molecule has 1 aliphatic rings. The maximum absolute atomic E-state index is 12.8. The standard InChI is InChI=1S/C22H25ClN8O/c1-3-18-25-21(29-22(26-18)31-11-9-30(2)10-12-31)28-20-24-14-16(23)19(27-20)17(32)13-15-7-5-4-6-8-15/h4-8,14H,3,9-13H2,1-2H3,(H,24,25,26,27,28,29). The molecular formula is C22H25ClN8O. The van der Waals surface area contributed by atoms with Crippen LogP contribution >= 0.6 is 11.6 Å². The predicted molar refractivity (Wildman–Crippen MR) is 124 cm³/mol. The molecule has 166 valence electrons. The Morgan fingerprint density at radius 3 is 2.50 bits per heavy atom. The maximum atomic E-state index is 12.8. The van der Waals surface area contributed by atoms with E-state index in [1.165, 1.54) is 6.20 Å². The maximum Gasteiger partial charge on any atom is 0.234 e. The van der Waals surface area contributed by atoms with Crippen molar-refractivity contribution in [3.05, 3.63) is 58.6 Å². The molecule has 1 fully saturated rings. The van der Waals surface area contributed by atoms with E-state index in [1.54, 1.807) is 0 Å². The third-order valence-electron chi connectivity index (χ3n) is 5.21. The SMILES string of the molecule is CCc1nc(Nc2ncc(Cl)c(C(=O)Cc3ccccc3)n2)nc(N2CCN(C)CC2)n1. The molecule has 0 aliphatic carbocycles. The summed E-state index contributed by atoms with van der Waals surface area (Å²) in [6.07, 6.45) is 2.29. The zero-order chi connectivity index (χ0) is 22.5. The summed E-state index contributed by atoms with van der Waals surface area (Å²) in [6, 6.07) is 9.47. The lowest BCUT2D eigenvalue weighted by Crippen LogP contribution is -2.45. The quantitative estimate of drug-likeness (QED) is 0.542. The molecule has 1 aromatic carbocycles. The molecule has 4 rings (SSSR count). The van der Waals surface area contributed by atoms with Crippen LogP contribution in [0.25, 0.3) is 0 Å². The van der Waals surface area contributed by atoms with Gasteiger partial charge >= 0.3 is 0 Å². The summed E-state index contributed by atoms with van der Waals surface area (Å²) in [5.74, 6) is 1.67. The van der Waals surface area contributed by atoms with Crippen LogP contribution < -0.4 is 10.2 Å². The van der Waals surface area contributed by atoms with E-state index in [1.807, 2.05) is 37.3 Å². The molecular weight excluding hydrogens is 428 g/mol. The Morgan fingerprint density at radius 2 is 1.78 bits per heavy atom. The molecule has 1 N–H and O–H groups in total. The highest BCUT2D eigenvalue weighted by atomic mass is 35.5. The normalized spacial score (nSPS) is 14.4. The summed E-state index contributed by atoms with van der Waals surface area (Å²) in [5.41, 5.74) is 1.06. The van der Waals surface area contributed by atoms with E-state index in [0.29, 0.717) is 24.1 Å². The second-order valence-corrected chi connectivity index (χ2v) is 8.03. The lowest BCUT2D eigenvalue weighted by molar-refractivity contribution is 0.0988. The Hall–Kier alpha value is -3.17. The number of hydrogen-bond donors (Lipinski definition) is 1. The van der Waals surface area contributed by atoms with Crippen LogP contribution in [0.2, 0.25) is 5.02 Å². The van der Waals surface area contributed by atoms with Crippen molar-refractivity contribution in [3.8, 4) is 0 Å². The van der Waals surface area contributed by atoms with Crippen molar-refractivity contribution >= 4 is 35.2 Å². The molecule has 10 heteroatoms. The smallest absolute Gasteiger partial charge is 0.234 e. The Kier molecular flexibility index (Phi) is 6.87. The second-order valence-electron chi connectivity index (χ2n) is 7.62. The molecule has 2 aromatic heterocycles. The van der Waals surface area contributed by atoms with Crippen LogP contribution in [0.4, 0.5) is 17.8 Å². The third-order valence-corrected chi connectivity index (χ3v) is 5.49. The van der Waals surface area contributed by atoms with Gasteiger partial charge in [0.05, 0.1) is 11.2 Å². The fourth-order valence-electron chi connectivity index (χ4n) is 3.36. The zero-order valence-corrected chi connectivity index (χ0v) is 18.9.